The van der Waals surface area contributed by atoms with Gasteiger partial charge in [0.2, 0.25) is 0 Å². The first-order valence-electron chi connectivity index (χ1n) is 21.6. The third kappa shape index (κ3) is 12.5. The van der Waals surface area contributed by atoms with Crippen LogP contribution in [0.5, 0.6) is 0 Å². The van der Waals surface area contributed by atoms with Gasteiger partial charge in [-0.05, 0) is 72.0 Å². The van der Waals surface area contributed by atoms with Crippen LogP contribution in [0.25, 0.3) is 11.3 Å². The molecule has 15 nitrogen and oxygen atoms in total. The number of aliphatic hydroxyl groups is 3. The fourth-order valence-electron chi connectivity index (χ4n) is 8.42. The number of carbonyl (C=O) groups excluding carboxylic acids is 2. The average Bonchev–Trinajstić information content (AvgIpc) is 3.90. The molecule has 12 atom stereocenters. The van der Waals surface area contributed by atoms with Gasteiger partial charge >= 0.3 is 5.97 Å². The van der Waals surface area contributed by atoms with Gasteiger partial charge in [-0.25, -0.2) is 0 Å². The molecule has 3 N–H and O–H groups in total. The SMILES string of the molecule is CCCCc1cn(C[C@H]2C=C(C)C=CC(=O)[C@H](C)C[C@H](CCn3cc(-c4ccccc4)nn3)[C@H](O[C@@H]3O[C@H](C)C(O)C(N(C)C)C3O)[C@@H](C)[C@H](O)CC(=O)O[C@@H]2CC)nn1. The second kappa shape index (κ2) is 22.1. The lowest BCUT2D eigenvalue weighted by Crippen LogP contribution is -2.63. The summed E-state index contributed by atoms with van der Waals surface area (Å²) in [4.78, 5) is 29.5. The number of aromatic nitrogens is 6. The number of hydrogen-bond donors (Lipinski definition) is 3. The van der Waals surface area contributed by atoms with Gasteiger partial charge in [0.05, 0.1) is 55.3 Å². The first-order valence-corrected chi connectivity index (χ1v) is 21.6. The van der Waals surface area contributed by atoms with Crippen molar-refractivity contribution in [2.24, 2.45) is 23.7 Å². The molecular formula is C45H67N7O8. The Kier molecular flexibility index (Phi) is 17.3. The molecule has 3 aromatic rings. The van der Waals surface area contributed by atoms with Gasteiger partial charge in [0.25, 0.3) is 0 Å². The van der Waals surface area contributed by atoms with Crippen LogP contribution < -0.4 is 0 Å². The maximum Gasteiger partial charge on any atom is 0.308 e. The van der Waals surface area contributed by atoms with Crippen LogP contribution in [0.4, 0.5) is 0 Å². The van der Waals surface area contributed by atoms with E-state index in [9.17, 15) is 24.9 Å². The van der Waals surface area contributed by atoms with Crippen LogP contribution in [0.1, 0.15) is 85.8 Å². The lowest BCUT2D eigenvalue weighted by atomic mass is 9.79. The monoisotopic (exact) mass is 834 g/mol. The highest BCUT2D eigenvalue weighted by molar-refractivity contribution is 5.91. The van der Waals surface area contributed by atoms with Gasteiger partial charge < -0.3 is 34.4 Å². The molecule has 2 aromatic heterocycles. The molecule has 1 saturated heterocycles. The number of unbranched alkanes of at least 4 members (excludes halogenated alkanes) is 1. The zero-order valence-electron chi connectivity index (χ0n) is 36.6. The number of esters is 1. The van der Waals surface area contributed by atoms with E-state index in [0.717, 1.165) is 36.1 Å². The highest BCUT2D eigenvalue weighted by Gasteiger charge is 2.47. The molecule has 2 aliphatic heterocycles. The van der Waals surface area contributed by atoms with Gasteiger partial charge in [0, 0.05) is 36.1 Å². The van der Waals surface area contributed by atoms with Crippen LogP contribution in [0, 0.1) is 23.7 Å². The minimum Gasteiger partial charge on any atom is -0.462 e. The minimum atomic E-state index is -1.25. The van der Waals surface area contributed by atoms with Crippen LogP contribution in [0.15, 0.2) is 66.5 Å². The number of likely N-dealkylation sites (N-methyl/N-ethyl adjacent to an activating group) is 1. The number of carbonyl (C=O) groups is 2. The molecule has 0 saturated carbocycles. The fraction of sp³-hybridized carbons (Fsp3) is 0.644. The number of allylic oxidation sites excluding steroid dienone is 3. The molecule has 0 radical (unpaired) electrons. The highest BCUT2D eigenvalue weighted by atomic mass is 16.7. The van der Waals surface area contributed by atoms with Crippen molar-refractivity contribution in [2.45, 2.75) is 149 Å². The summed E-state index contributed by atoms with van der Waals surface area (Å²) in [5.41, 5.74) is 3.37. The molecule has 0 aliphatic carbocycles. The van der Waals surface area contributed by atoms with Crippen molar-refractivity contribution >= 4 is 11.8 Å². The number of rotatable bonds is 13. The molecule has 1 fully saturated rings. The van der Waals surface area contributed by atoms with Crippen LogP contribution in [0.3, 0.4) is 0 Å². The topological polar surface area (TPSA) is 187 Å². The predicted molar refractivity (Wildman–Crippen MR) is 226 cm³/mol. The van der Waals surface area contributed by atoms with Gasteiger partial charge in [0.1, 0.15) is 17.9 Å². The molecule has 3 unspecified atom stereocenters. The largest absolute Gasteiger partial charge is 0.462 e. The van der Waals surface area contributed by atoms with Crippen LogP contribution in [0.2, 0.25) is 0 Å². The van der Waals surface area contributed by atoms with E-state index in [0.29, 0.717) is 38.0 Å². The summed E-state index contributed by atoms with van der Waals surface area (Å²) < 4.78 is 22.6. The number of aliphatic hydroxyl groups excluding tert-OH is 3. The molecular weight excluding hydrogens is 767 g/mol. The summed E-state index contributed by atoms with van der Waals surface area (Å²) in [7, 11) is 3.54. The van der Waals surface area contributed by atoms with Crippen LogP contribution >= 0.6 is 0 Å². The summed E-state index contributed by atoms with van der Waals surface area (Å²) in [6.45, 7) is 12.2. The van der Waals surface area contributed by atoms with Crippen LogP contribution in [-0.4, -0.2) is 125 Å². The maximum absolute atomic E-state index is 13.9. The third-order valence-electron chi connectivity index (χ3n) is 12.1. The van der Waals surface area contributed by atoms with E-state index in [1.165, 1.54) is 0 Å². The Morgan fingerprint density at radius 3 is 2.38 bits per heavy atom. The molecule has 0 spiro atoms. The Labute approximate surface area is 354 Å². The summed E-state index contributed by atoms with van der Waals surface area (Å²) >= 11 is 0. The van der Waals surface area contributed by atoms with Crippen LogP contribution in [-0.2, 0) is 43.3 Å². The molecule has 15 heteroatoms. The second-order valence-corrected chi connectivity index (χ2v) is 17.1. The zero-order valence-corrected chi connectivity index (χ0v) is 36.6. The van der Waals surface area contributed by atoms with Gasteiger partial charge in [-0.15, -0.1) is 10.2 Å². The Morgan fingerprint density at radius 2 is 1.68 bits per heavy atom. The third-order valence-corrected chi connectivity index (χ3v) is 12.1. The summed E-state index contributed by atoms with van der Waals surface area (Å²) in [6.07, 6.45) is 6.34. The Hall–Kier alpha value is -4.12. The van der Waals surface area contributed by atoms with E-state index in [1.54, 1.807) is 54.4 Å². The number of hydrogen-bond acceptors (Lipinski definition) is 13. The van der Waals surface area contributed by atoms with E-state index in [-0.39, 0.29) is 18.1 Å². The van der Waals surface area contributed by atoms with Crippen molar-refractivity contribution in [3.8, 4) is 11.3 Å². The fourth-order valence-corrected chi connectivity index (χ4v) is 8.42. The molecule has 4 heterocycles. The molecule has 1 aromatic carbocycles. The Balaban J connectivity index is 1.49. The van der Waals surface area contributed by atoms with Crippen molar-refractivity contribution in [1.29, 1.82) is 0 Å². The van der Waals surface area contributed by atoms with E-state index in [4.69, 9.17) is 14.2 Å². The van der Waals surface area contributed by atoms with Crippen molar-refractivity contribution in [2.75, 3.05) is 14.1 Å². The van der Waals surface area contributed by atoms with Gasteiger partial charge in [0.15, 0.2) is 12.1 Å². The smallest absolute Gasteiger partial charge is 0.308 e. The molecule has 330 valence electrons. The quantitative estimate of drug-likeness (QED) is 0.200. The van der Waals surface area contributed by atoms with Crippen molar-refractivity contribution in [3.05, 3.63) is 72.2 Å². The van der Waals surface area contributed by atoms with E-state index in [1.807, 2.05) is 69.6 Å². The van der Waals surface area contributed by atoms with Crippen molar-refractivity contribution in [1.82, 2.24) is 34.9 Å². The standard InChI is InChI=1S/C45H67N7O8/c1-9-11-17-35-26-52(48-46-35)25-34-22-28(3)18-19-37(53)29(4)23-33(20-21-51-27-36(47-49-51)32-15-13-12-14-16-32)44(30(5)38(54)24-40(55)59-39(34)10-2)60-45-43(57)41(50(7)8)42(56)31(6)58-45/h12-16,18-19,22,26-27,29-31,33-34,38-39,41-45,54,56-57H,9-11,17,20-21,23-25H2,1-8H3/t29-,30+,31-,33+,34-,38-,39-,41?,42?,43?,44-,45+/m1/s1. The normalized spacial score (nSPS) is 31.3. The summed E-state index contributed by atoms with van der Waals surface area (Å²) in [5, 5.41) is 52.0. The molecule has 0 bridgehead atoms. The summed E-state index contributed by atoms with van der Waals surface area (Å²) in [5.74, 6) is -2.51. The molecule has 0 amide bonds. The molecule has 5 rings (SSSR count). The van der Waals surface area contributed by atoms with E-state index in [2.05, 4.69) is 27.5 Å². The average molecular weight is 834 g/mol. The first kappa shape index (κ1) is 46.9. The highest BCUT2D eigenvalue weighted by Crippen LogP contribution is 2.35. The number of ketones is 1. The lowest BCUT2D eigenvalue weighted by molar-refractivity contribution is -0.304. The number of ether oxygens (including phenoxy) is 3. The minimum absolute atomic E-state index is 0.0795. The van der Waals surface area contributed by atoms with Crippen molar-refractivity contribution in [3.63, 3.8) is 0 Å². The second-order valence-electron chi connectivity index (χ2n) is 17.1. The van der Waals surface area contributed by atoms with Crippen molar-refractivity contribution < 1.29 is 39.1 Å². The zero-order chi connectivity index (χ0) is 43.5. The summed E-state index contributed by atoms with van der Waals surface area (Å²) in [6, 6.07) is 9.04. The maximum atomic E-state index is 13.9. The van der Waals surface area contributed by atoms with Gasteiger partial charge in [-0.3, -0.25) is 19.0 Å². The lowest BCUT2D eigenvalue weighted by Gasteiger charge is -2.46. The van der Waals surface area contributed by atoms with Gasteiger partial charge in [-0.2, -0.15) is 0 Å². The molecule has 2 aliphatic rings. The predicted octanol–water partition coefficient (Wildman–Crippen LogP) is 4.80. The first-order chi connectivity index (χ1) is 28.7. The Bertz CT molecular complexity index is 1860. The number of aryl methyl sites for hydroxylation is 2. The Morgan fingerprint density at radius 1 is 0.950 bits per heavy atom. The molecule has 60 heavy (non-hydrogen) atoms. The number of cyclic esters (lactones) is 1. The van der Waals surface area contributed by atoms with E-state index >= 15 is 0 Å². The number of benzene rings is 1. The number of nitrogens with zero attached hydrogens (tertiary/aromatic N) is 7. The van der Waals surface area contributed by atoms with E-state index < -0.39 is 72.7 Å². The van der Waals surface area contributed by atoms with Gasteiger partial charge in [-0.1, -0.05) is 92.6 Å².